The van der Waals surface area contributed by atoms with Gasteiger partial charge in [0.25, 0.3) is 0 Å². The summed E-state index contributed by atoms with van der Waals surface area (Å²) in [6.45, 7) is 6.98. The largest absolute Gasteiger partial charge is 0.486 e. The Morgan fingerprint density at radius 2 is 2.04 bits per heavy atom. The number of nitrogens with one attached hydrogen (secondary N) is 1. The molecule has 3 rings (SSSR count). The lowest BCUT2D eigenvalue weighted by Gasteiger charge is -2.09. The minimum absolute atomic E-state index is 0.113. The van der Waals surface area contributed by atoms with Crippen LogP contribution in [0.1, 0.15) is 24.0 Å². The van der Waals surface area contributed by atoms with Gasteiger partial charge in [-0.15, -0.1) is 21.5 Å². The smallest absolute Gasteiger partial charge is 0.236 e. The third-order valence-electron chi connectivity index (χ3n) is 3.70. The van der Waals surface area contributed by atoms with Crippen molar-refractivity contribution in [1.29, 1.82) is 0 Å². The zero-order valence-corrected chi connectivity index (χ0v) is 17.1. The quantitative estimate of drug-likeness (QED) is 0.578. The molecule has 2 aromatic heterocycles. The molecule has 0 radical (unpaired) electrons. The van der Waals surface area contributed by atoms with Crippen molar-refractivity contribution in [3.05, 3.63) is 46.7 Å². The highest BCUT2D eigenvalue weighted by Gasteiger charge is 2.14. The second kappa shape index (κ2) is 9.01. The van der Waals surface area contributed by atoms with E-state index in [-0.39, 0.29) is 11.7 Å². The number of amides is 1. The fourth-order valence-electron chi connectivity index (χ4n) is 2.33. The number of rotatable bonds is 8. The number of aromatic nitrogens is 4. The first-order valence-electron chi connectivity index (χ1n) is 8.51. The van der Waals surface area contributed by atoms with Crippen LogP contribution in [-0.2, 0) is 17.9 Å². The molecule has 0 bridgehead atoms. The molecule has 0 unspecified atom stereocenters. The highest BCUT2D eigenvalue weighted by Crippen LogP contribution is 2.20. The summed E-state index contributed by atoms with van der Waals surface area (Å²) in [7, 11) is 0. The predicted molar refractivity (Wildman–Crippen MR) is 107 cm³/mol. The number of anilines is 1. The van der Waals surface area contributed by atoms with Gasteiger partial charge in [-0.2, -0.15) is 0 Å². The fourth-order valence-corrected chi connectivity index (χ4v) is 3.85. The van der Waals surface area contributed by atoms with Crippen molar-refractivity contribution < 1.29 is 9.53 Å². The van der Waals surface area contributed by atoms with Crippen molar-refractivity contribution in [3.63, 3.8) is 0 Å². The van der Waals surface area contributed by atoms with Crippen LogP contribution in [0.5, 0.6) is 5.75 Å². The van der Waals surface area contributed by atoms with Crippen molar-refractivity contribution in [3.8, 4) is 5.75 Å². The van der Waals surface area contributed by atoms with E-state index in [2.05, 4.69) is 20.5 Å². The van der Waals surface area contributed by atoms with E-state index in [0.717, 1.165) is 17.3 Å². The van der Waals surface area contributed by atoms with E-state index in [0.29, 0.717) is 23.4 Å². The van der Waals surface area contributed by atoms with E-state index in [1.165, 1.54) is 28.7 Å². The summed E-state index contributed by atoms with van der Waals surface area (Å²) in [5, 5.41) is 14.4. The standard InChI is InChI=1S/C18H21N5O2S2/c1-4-23-15(9-25-14-7-5-12(2)6-8-14)21-22-18(23)27-11-16(24)20-17-19-13(3)10-26-17/h5-8,10H,4,9,11H2,1-3H3,(H,19,20,24). The molecule has 0 spiro atoms. The van der Waals surface area contributed by atoms with Crippen molar-refractivity contribution in [2.75, 3.05) is 11.1 Å². The third-order valence-corrected chi connectivity index (χ3v) is 5.54. The Hall–Kier alpha value is -2.39. The number of hydrogen-bond donors (Lipinski definition) is 1. The minimum Gasteiger partial charge on any atom is -0.486 e. The van der Waals surface area contributed by atoms with E-state index in [4.69, 9.17) is 4.74 Å². The zero-order valence-electron chi connectivity index (χ0n) is 15.4. The molecular formula is C18H21N5O2S2. The van der Waals surface area contributed by atoms with Gasteiger partial charge in [0.05, 0.1) is 11.4 Å². The lowest BCUT2D eigenvalue weighted by molar-refractivity contribution is -0.113. The maximum Gasteiger partial charge on any atom is 0.236 e. The average Bonchev–Trinajstić information content (AvgIpc) is 3.24. The van der Waals surface area contributed by atoms with Gasteiger partial charge >= 0.3 is 0 Å². The summed E-state index contributed by atoms with van der Waals surface area (Å²) >= 11 is 2.76. The molecule has 0 aliphatic carbocycles. The number of thioether (sulfide) groups is 1. The normalized spacial score (nSPS) is 10.8. The van der Waals surface area contributed by atoms with Gasteiger partial charge in [0.2, 0.25) is 5.91 Å². The van der Waals surface area contributed by atoms with Crippen LogP contribution in [0, 0.1) is 13.8 Å². The highest BCUT2D eigenvalue weighted by molar-refractivity contribution is 7.99. The summed E-state index contributed by atoms with van der Waals surface area (Å²) in [6, 6.07) is 7.87. The molecule has 0 saturated carbocycles. The van der Waals surface area contributed by atoms with E-state index < -0.39 is 0 Å². The van der Waals surface area contributed by atoms with Gasteiger partial charge in [-0.1, -0.05) is 29.5 Å². The molecule has 3 aromatic rings. The summed E-state index contributed by atoms with van der Waals surface area (Å²) < 4.78 is 7.75. The van der Waals surface area contributed by atoms with Gasteiger partial charge in [-0.05, 0) is 32.9 Å². The first-order valence-corrected chi connectivity index (χ1v) is 10.4. The Morgan fingerprint density at radius 1 is 1.26 bits per heavy atom. The lowest BCUT2D eigenvalue weighted by Crippen LogP contribution is -2.14. The number of aryl methyl sites for hydroxylation is 2. The molecule has 142 valence electrons. The van der Waals surface area contributed by atoms with Gasteiger partial charge in [-0.3, -0.25) is 4.79 Å². The Bertz CT molecular complexity index is 905. The molecule has 7 nitrogen and oxygen atoms in total. The first kappa shape index (κ1) is 19.4. The van der Waals surface area contributed by atoms with Crippen molar-refractivity contribution in [2.45, 2.75) is 39.1 Å². The van der Waals surface area contributed by atoms with Crippen LogP contribution >= 0.6 is 23.1 Å². The van der Waals surface area contributed by atoms with E-state index in [9.17, 15) is 4.79 Å². The van der Waals surface area contributed by atoms with Crippen LogP contribution in [-0.4, -0.2) is 31.4 Å². The monoisotopic (exact) mass is 403 g/mol. The third kappa shape index (κ3) is 5.30. The SMILES string of the molecule is CCn1c(COc2ccc(C)cc2)nnc1SCC(=O)Nc1nc(C)cs1. The molecule has 0 aliphatic rings. The van der Waals surface area contributed by atoms with Crippen LogP contribution in [0.3, 0.4) is 0 Å². The topological polar surface area (TPSA) is 81.9 Å². The molecule has 27 heavy (non-hydrogen) atoms. The fraction of sp³-hybridized carbons (Fsp3) is 0.333. The zero-order chi connectivity index (χ0) is 19.2. The number of benzene rings is 1. The number of carbonyl (C=O) groups excluding carboxylic acids is 1. The average molecular weight is 404 g/mol. The van der Waals surface area contributed by atoms with Crippen molar-refractivity contribution in [2.24, 2.45) is 0 Å². The first-order chi connectivity index (χ1) is 13.0. The molecule has 0 fully saturated rings. The van der Waals surface area contributed by atoms with Crippen LogP contribution in [0.2, 0.25) is 0 Å². The molecule has 1 N–H and O–H groups in total. The molecule has 0 aliphatic heterocycles. The molecule has 1 aromatic carbocycles. The molecule has 2 heterocycles. The Morgan fingerprint density at radius 3 is 2.70 bits per heavy atom. The second-order valence-corrected chi connectivity index (χ2v) is 7.68. The van der Waals surface area contributed by atoms with Gasteiger partial charge in [0, 0.05) is 11.9 Å². The Labute approximate surface area is 166 Å². The van der Waals surface area contributed by atoms with Crippen LogP contribution < -0.4 is 10.1 Å². The summed E-state index contributed by atoms with van der Waals surface area (Å²) in [4.78, 5) is 16.3. The van der Waals surface area contributed by atoms with Crippen LogP contribution in [0.25, 0.3) is 0 Å². The summed E-state index contributed by atoms with van der Waals surface area (Å²) in [5.74, 6) is 1.66. The Kier molecular flexibility index (Phi) is 6.46. The molecule has 0 atom stereocenters. The molecule has 0 saturated heterocycles. The summed E-state index contributed by atoms with van der Waals surface area (Å²) in [6.07, 6.45) is 0. The van der Waals surface area contributed by atoms with E-state index in [1.807, 2.05) is 55.0 Å². The lowest BCUT2D eigenvalue weighted by atomic mass is 10.2. The van der Waals surface area contributed by atoms with Gasteiger partial charge in [0.1, 0.15) is 12.4 Å². The maximum atomic E-state index is 12.1. The molecule has 9 heteroatoms. The van der Waals surface area contributed by atoms with Crippen LogP contribution in [0.15, 0.2) is 34.8 Å². The second-order valence-electron chi connectivity index (χ2n) is 5.88. The van der Waals surface area contributed by atoms with Gasteiger partial charge < -0.3 is 14.6 Å². The molecular weight excluding hydrogens is 382 g/mol. The number of hydrogen-bond acceptors (Lipinski definition) is 7. The molecule has 1 amide bonds. The number of thiazole rings is 1. The number of carbonyl (C=O) groups is 1. The van der Waals surface area contributed by atoms with Gasteiger partial charge in [0.15, 0.2) is 16.1 Å². The highest BCUT2D eigenvalue weighted by atomic mass is 32.2. The predicted octanol–water partition coefficient (Wildman–Crippen LogP) is 3.68. The van der Waals surface area contributed by atoms with Crippen molar-refractivity contribution >= 4 is 34.1 Å². The minimum atomic E-state index is -0.113. The summed E-state index contributed by atoms with van der Waals surface area (Å²) in [5.41, 5.74) is 2.08. The van der Waals surface area contributed by atoms with Crippen molar-refractivity contribution in [1.82, 2.24) is 19.7 Å². The van der Waals surface area contributed by atoms with Gasteiger partial charge in [-0.25, -0.2) is 4.98 Å². The number of ether oxygens (including phenoxy) is 1. The van der Waals surface area contributed by atoms with E-state index >= 15 is 0 Å². The van der Waals surface area contributed by atoms with Crippen LogP contribution in [0.4, 0.5) is 5.13 Å². The van der Waals surface area contributed by atoms with E-state index in [1.54, 1.807) is 0 Å². The maximum absolute atomic E-state index is 12.1. The Balaban J connectivity index is 1.56. The number of nitrogens with zero attached hydrogens (tertiary/aromatic N) is 4.